The summed E-state index contributed by atoms with van der Waals surface area (Å²) < 4.78 is 6.50. The Hall–Kier alpha value is -3.09. The number of carbonyl (C=O) groups excluding carboxylic acids is 1. The van der Waals surface area contributed by atoms with Crippen molar-refractivity contribution in [3.05, 3.63) is 75.5 Å². The van der Waals surface area contributed by atoms with E-state index >= 15 is 0 Å². The average Bonchev–Trinajstić information content (AvgIpc) is 3.20. The van der Waals surface area contributed by atoms with Gasteiger partial charge in [0.15, 0.2) is 0 Å². The zero-order valence-electron chi connectivity index (χ0n) is 14.2. The van der Waals surface area contributed by atoms with Crippen LogP contribution < -0.4 is 5.56 Å². The van der Waals surface area contributed by atoms with Gasteiger partial charge in [0.2, 0.25) is 0 Å². The van der Waals surface area contributed by atoms with Gasteiger partial charge in [-0.1, -0.05) is 30.3 Å². The summed E-state index contributed by atoms with van der Waals surface area (Å²) >= 11 is 0. The molecule has 0 saturated carbocycles. The molecule has 0 amide bonds. The van der Waals surface area contributed by atoms with Crippen LogP contribution in [0, 0.1) is 0 Å². The molecule has 0 fully saturated rings. The number of rotatable bonds is 6. The number of nitrogens with one attached hydrogen (secondary N) is 2. The van der Waals surface area contributed by atoms with Crippen molar-refractivity contribution < 1.29 is 9.53 Å². The molecule has 0 unspecified atom stereocenters. The van der Waals surface area contributed by atoms with Crippen molar-refractivity contribution in [3.8, 4) is 0 Å². The number of esters is 1. The second-order valence-corrected chi connectivity index (χ2v) is 5.85. The number of H-pyrrole nitrogens is 2. The van der Waals surface area contributed by atoms with Crippen LogP contribution in [0.5, 0.6) is 0 Å². The monoisotopic (exact) mass is 340 g/mol. The maximum Gasteiger partial charge on any atom is 0.306 e. The van der Waals surface area contributed by atoms with Gasteiger partial charge in [-0.25, -0.2) is 0 Å². The molecular formula is C18H20N4O3. The maximum absolute atomic E-state index is 12.5. The predicted octanol–water partition coefficient (Wildman–Crippen LogP) is 1.72. The highest BCUT2D eigenvalue weighted by Crippen LogP contribution is 2.28. The average molecular weight is 340 g/mol. The van der Waals surface area contributed by atoms with E-state index in [1.165, 1.54) is 7.11 Å². The fraction of sp³-hybridized carbons (Fsp3) is 0.278. The van der Waals surface area contributed by atoms with Gasteiger partial charge >= 0.3 is 5.97 Å². The van der Waals surface area contributed by atoms with Crippen LogP contribution in [0.25, 0.3) is 0 Å². The Labute approximate surface area is 144 Å². The summed E-state index contributed by atoms with van der Waals surface area (Å²) in [5, 5.41) is 9.77. The standard InChI is InChI=1S/C18H20N4O3/c1-22-15(8-9-19-22)13(11-16(23)25-2)17-14(20-21-18(17)24)10-12-6-4-3-5-7-12/h3-9,13H,10-11H2,1-2H3,(H2,20,21,24)/t13-/m0/s1. The highest BCUT2D eigenvalue weighted by Gasteiger charge is 2.27. The van der Waals surface area contributed by atoms with Gasteiger partial charge < -0.3 is 9.84 Å². The van der Waals surface area contributed by atoms with Crippen molar-refractivity contribution in [3.63, 3.8) is 0 Å². The summed E-state index contributed by atoms with van der Waals surface area (Å²) in [7, 11) is 3.13. The molecule has 1 atom stereocenters. The maximum atomic E-state index is 12.5. The lowest BCUT2D eigenvalue weighted by Gasteiger charge is -2.16. The van der Waals surface area contributed by atoms with Gasteiger partial charge in [0.1, 0.15) is 0 Å². The van der Waals surface area contributed by atoms with Crippen molar-refractivity contribution in [2.24, 2.45) is 7.05 Å². The van der Waals surface area contributed by atoms with Gasteiger partial charge in [-0.15, -0.1) is 0 Å². The number of nitrogens with zero attached hydrogens (tertiary/aromatic N) is 2. The van der Waals surface area contributed by atoms with E-state index in [-0.39, 0.29) is 17.9 Å². The molecule has 7 heteroatoms. The zero-order valence-corrected chi connectivity index (χ0v) is 14.2. The molecule has 0 aliphatic carbocycles. The minimum absolute atomic E-state index is 0.0682. The molecule has 7 nitrogen and oxygen atoms in total. The van der Waals surface area contributed by atoms with E-state index in [9.17, 15) is 9.59 Å². The summed E-state index contributed by atoms with van der Waals surface area (Å²) in [6.07, 6.45) is 2.28. The number of methoxy groups -OCH3 is 1. The van der Waals surface area contributed by atoms with E-state index < -0.39 is 5.92 Å². The van der Waals surface area contributed by atoms with Crippen LogP contribution in [-0.4, -0.2) is 33.1 Å². The Morgan fingerprint density at radius 2 is 2.00 bits per heavy atom. The Balaban J connectivity index is 2.04. The third-order valence-electron chi connectivity index (χ3n) is 4.28. The van der Waals surface area contributed by atoms with E-state index in [0.717, 1.165) is 17.0 Å². The van der Waals surface area contributed by atoms with Crippen LogP contribution in [0.1, 0.15) is 34.9 Å². The number of hydrogen-bond acceptors (Lipinski definition) is 4. The van der Waals surface area contributed by atoms with Gasteiger partial charge in [0.05, 0.1) is 13.5 Å². The van der Waals surface area contributed by atoms with Crippen molar-refractivity contribution in [1.29, 1.82) is 0 Å². The normalized spacial score (nSPS) is 12.1. The molecular weight excluding hydrogens is 320 g/mol. The summed E-state index contributed by atoms with van der Waals surface area (Å²) in [6, 6.07) is 11.6. The molecule has 3 aromatic rings. The zero-order chi connectivity index (χ0) is 17.8. The Morgan fingerprint density at radius 1 is 1.24 bits per heavy atom. The second kappa shape index (κ2) is 7.21. The number of aromatic nitrogens is 4. The smallest absolute Gasteiger partial charge is 0.306 e. The van der Waals surface area contributed by atoms with Crippen molar-refractivity contribution >= 4 is 5.97 Å². The first-order chi connectivity index (χ1) is 12.1. The predicted molar refractivity (Wildman–Crippen MR) is 92.3 cm³/mol. The van der Waals surface area contributed by atoms with Crippen molar-refractivity contribution in [2.45, 2.75) is 18.8 Å². The molecule has 0 spiro atoms. The lowest BCUT2D eigenvalue weighted by molar-refractivity contribution is -0.140. The largest absolute Gasteiger partial charge is 0.469 e. The number of aromatic amines is 2. The van der Waals surface area contributed by atoms with Gasteiger partial charge in [0.25, 0.3) is 5.56 Å². The molecule has 25 heavy (non-hydrogen) atoms. The lowest BCUT2D eigenvalue weighted by atomic mass is 9.90. The third kappa shape index (κ3) is 3.55. The number of ether oxygens (including phenoxy) is 1. The molecule has 3 rings (SSSR count). The van der Waals surface area contributed by atoms with Gasteiger partial charge in [-0.3, -0.25) is 19.4 Å². The van der Waals surface area contributed by atoms with E-state index in [2.05, 4.69) is 15.3 Å². The topological polar surface area (TPSA) is 92.8 Å². The van der Waals surface area contributed by atoms with E-state index in [4.69, 9.17) is 4.74 Å². The number of aryl methyl sites for hydroxylation is 1. The quantitative estimate of drug-likeness (QED) is 0.668. The molecule has 0 saturated heterocycles. The molecule has 0 aliphatic rings. The second-order valence-electron chi connectivity index (χ2n) is 5.85. The third-order valence-corrected chi connectivity index (χ3v) is 4.28. The fourth-order valence-corrected chi connectivity index (χ4v) is 3.04. The molecule has 0 aliphatic heterocycles. The molecule has 2 N–H and O–H groups in total. The van der Waals surface area contributed by atoms with Gasteiger partial charge in [-0.2, -0.15) is 5.10 Å². The molecule has 1 aromatic carbocycles. The SMILES string of the molecule is COC(=O)C[C@H](c1c(Cc2ccccc2)[nH][nH]c1=O)c1ccnn1C. The van der Waals surface area contributed by atoms with Crippen LogP contribution in [0.4, 0.5) is 0 Å². The van der Waals surface area contributed by atoms with Crippen LogP contribution in [-0.2, 0) is 23.0 Å². The van der Waals surface area contributed by atoms with Crippen molar-refractivity contribution in [2.75, 3.05) is 7.11 Å². The summed E-state index contributed by atoms with van der Waals surface area (Å²) in [4.78, 5) is 24.4. The first-order valence-electron chi connectivity index (χ1n) is 7.98. The van der Waals surface area contributed by atoms with Crippen LogP contribution in [0.3, 0.4) is 0 Å². The summed E-state index contributed by atoms with van der Waals surface area (Å²) in [5.41, 5.74) is 2.91. The summed E-state index contributed by atoms with van der Waals surface area (Å²) in [5.74, 6) is -0.814. The van der Waals surface area contributed by atoms with Gasteiger partial charge in [-0.05, 0) is 11.6 Å². The fourth-order valence-electron chi connectivity index (χ4n) is 3.04. The van der Waals surface area contributed by atoms with E-state index in [1.54, 1.807) is 17.9 Å². The van der Waals surface area contributed by atoms with Crippen LogP contribution in [0.2, 0.25) is 0 Å². The van der Waals surface area contributed by atoms with E-state index in [1.807, 2.05) is 36.4 Å². The molecule has 0 bridgehead atoms. The number of hydrogen-bond donors (Lipinski definition) is 2. The van der Waals surface area contributed by atoms with Crippen LogP contribution in [0.15, 0.2) is 47.4 Å². The first kappa shape index (κ1) is 16.8. The van der Waals surface area contributed by atoms with Crippen LogP contribution >= 0.6 is 0 Å². The highest BCUT2D eigenvalue weighted by atomic mass is 16.5. The Bertz CT molecular complexity index is 908. The Morgan fingerprint density at radius 3 is 2.64 bits per heavy atom. The molecule has 2 heterocycles. The minimum atomic E-state index is -0.436. The number of carbonyl (C=O) groups is 1. The van der Waals surface area contributed by atoms with E-state index in [0.29, 0.717) is 12.0 Å². The highest BCUT2D eigenvalue weighted by molar-refractivity contribution is 5.71. The lowest BCUT2D eigenvalue weighted by Crippen LogP contribution is -2.20. The molecule has 2 aromatic heterocycles. The van der Waals surface area contributed by atoms with Gasteiger partial charge in [0, 0.05) is 42.5 Å². The first-order valence-corrected chi connectivity index (χ1v) is 7.98. The molecule has 0 radical (unpaired) electrons. The number of benzene rings is 1. The summed E-state index contributed by atoms with van der Waals surface area (Å²) in [6.45, 7) is 0. The van der Waals surface area contributed by atoms with Crippen molar-refractivity contribution in [1.82, 2.24) is 20.0 Å². The Kier molecular flexibility index (Phi) is 4.83. The minimum Gasteiger partial charge on any atom is -0.469 e. The molecule has 130 valence electrons.